The first kappa shape index (κ1) is 65.9. The maximum Gasteiger partial charge on any atom is 0.410 e. The van der Waals surface area contributed by atoms with Crippen LogP contribution in [0, 0.1) is 0 Å². The number of hydrogen-bond donors (Lipinski definition) is 2. The maximum atomic E-state index is 12.3. The molecule has 4 aromatic carbocycles. The van der Waals surface area contributed by atoms with Gasteiger partial charge in [-0.2, -0.15) is 0 Å². The lowest BCUT2D eigenvalue weighted by atomic mass is 10.1. The molecule has 2 amide bonds. The molecule has 8 atom stereocenters. The summed E-state index contributed by atoms with van der Waals surface area (Å²) in [6, 6.07) is 28.4. The van der Waals surface area contributed by atoms with Gasteiger partial charge in [0.2, 0.25) is 0 Å². The van der Waals surface area contributed by atoms with Crippen molar-refractivity contribution in [2.24, 2.45) is 0 Å². The van der Waals surface area contributed by atoms with Crippen molar-refractivity contribution in [2.75, 3.05) is 87.8 Å². The van der Waals surface area contributed by atoms with Gasteiger partial charge in [-0.15, -0.1) is 0 Å². The Morgan fingerprint density at radius 3 is 1.23 bits per heavy atom. The number of aldehydes is 1. The Bertz CT molecular complexity index is 2890. The van der Waals surface area contributed by atoms with Crippen LogP contribution in [0.2, 0.25) is 0 Å². The predicted octanol–water partition coefficient (Wildman–Crippen LogP) is 11.2. The number of methoxy groups -OCH3 is 4. The highest BCUT2D eigenvalue weighted by atomic mass is 79.9. The molecule has 8 aliphatic rings. The van der Waals surface area contributed by atoms with E-state index in [0.29, 0.717) is 41.5 Å². The molecule has 17 nitrogen and oxygen atoms in total. The number of carbonyl (C=O) groups is 3. The number of nitrogens with one attached hydrogen (secondary N) is 2. The van der Waals surface area contributed by atoms with E-state index in [1.54, 1.807) is 39.5 Å². The number of piperazine rings is 4. The lowest BCUT2D eigenvalue weighted by Gasteiger charge is -2.35. The number of amides is 2. The molecule has 8 saturated heterocycles. The van der Waals surface area contributed by atoms with Gasteiger partial charge in [0, 0.05) is 155 Å². The molecule has 8 aliphatic heterocycles. The lowest BCUT2D eigenvalue weighted by molar-refractivity contribution is 0.0122. The molecule has 0 radical (unpaired) electrons. The van der Waals surface area contributed by atoms with E-state index in [9.17, 15) is 14.4 Å². The molecule has 460 valence electrons. The number of carbonyl (C=O) groups excluding carboxylic acids is 3. The van der Waals surface area contributed by atoms with E-state index in [0.717, 1.165) is 119 Å². The van der Waals surface area contributed by atoms with Crippen LogP contribution in [0.5, 0.6) is 23.0 Å². The topological polar surface area (TPSA) is 150 Å². The van der Waals surface area contributed by atoms with Crippen molar-refractivity contribution in [3.63, 3.8) is 0 Å². The van der Waals surface area contributed by atoms with Crippen LogP contribution >= 0.6 is 63.7 Å². The van der Waals surface area contributed by atoms with Crippen molar-refractivity contribution < 1.29 is 42.8 Å². The van der Waals surface area contributed by atoms with Gasteiger partial charge < -0.3 is 53.8 Å². The van der Waals surface area contributed by atoms with Crippen LogP contribution in [-0.4, -0.2) is 195 Å². The van der Waals surface area contributed by atoms with Crippen LogP contribution in [-0.2, 0) is 29.1 Å². The summed E-state index contributed by atoms with van der Waals surface area (Å²) in [6.45, 7) is 22.4. The average Bonchev–Trinajstić information content (AvgIpc) is 2.26. The summed E-state index contributed by atoms with van der Waals surface area (Å²) < 4.78 is 36.3. The molecule has 8 fully saturated rings. The molecule has 0 saturated carbocycles. The fourth-order valence-corrected chi connectivity index (χ4v) is 13.9. The first-order valence-electron chi connectivity index (χ1n) is 29.1. The van der Waals surface area contributed by atoms with Crippen molar-refractivity contribution in [2.45, 2.75) is 146 Å². The highest BCUT2D eigenvalue weighted by Crippen LogP contribution is 2.37. The van der Waals surface area contributed by atoms with Gasteiger partial charge in [0.05, 0.1) is 34.0 Å². The Balaban J connectivity index is 0.000000140. The van der Waals surface area contributed by atoms with Crippen molar-refractivity contribution in [3.8, 4) is 23.0 Å². The molecule has 21 heteroatoms. The summed E-state index contributed by atoms with van der Waals surface area (Å²) in [5, 5.41) is 6.88. The largest absolute Gasteiger partial charge is 0.496 e. The van der Waals surface area contributed by atoms with E-state index >= 15 is 0 Å². The van der Waals surface area contributed by atoms with Gasteiger partial charge in [-0.25, -0.2) is 9.59 Å². The summed E-state index contributed by atoms with van der Waals surface area (Å²) in [5.41, 5.74) is 3.49. The van der Waals surface area contributed by atoms with E-state index in [2.05, 4.69) is 137 Å². The Morgan fingerprint density at radius 1 is 0.488 bits per heavy atom. The summed E-state index contributed by atoms with van der Waals surface area (Å²) in [4.78, 5) is 48.3. The lowest BCUT2D eigenvalue weighted by Crippen LogP contribution is -2.49. The third-order valence-electron chi connectivity index (χ3n) is 16.7. The van der Waals surface area contributed by atoms with E-state index in [1.165, 1.54) is 56.3 Å². The second-order valence-electron chi connectivity index (χ2n) is 24.9. The quantitative estimate of drug-likeness (QED) is 0.137. The van der Waals surface area contributed by atoms with Gasteiger partial charge in [0.25, 0.3) is 0 Å². The van der Waals surface area contributed by atoms with Crippen LogP contribution < -0.4 is 29.6 Å². The van der Waals surface area contributed by atoms with Crippen molar-refractivity contribution in [3.05, 3.63) is 113 Å². The third-order valence-corrected chi connectivity index (χ3v) is 18.6. The molecular weight excluding hydrogens is 1330 g/mol. The number of halogens is 4. The number of benzene rings is 4. The van der Waals surface area contributed by atoms with Gasteiger partial charge in [-0.05, 0) is 129 Å². The SMILES string of the molecule is CC(C)(C)OC(=O)N1C[C@H]2C[C@@H]1CN2.COc1cc(Br)ccc1C=O.COc1cc(Br)ccc1CN1C[C@H]2C[C@@H]1CN2.COc1cc(Br)ccc1CN1C[C@H]2C[C@@H]1CN2C.COc1cc(Br)ccc1CN1C[C@H]2C[C@@H]1CN2C(=O)OC(C)(C)C. The second kappa shape index (κ2) is 29.3. The highest BCUT2D eigenvalue weighted by Gasteiger charge is 2.47. The van der Waals surface area contributed by atoms with Gasteiger partial charge in [-0.1, -0.05) is 81.9 Å². The summed E-state index contributed by atoms with van der Waals surface area (Å²) >= 11 is 13.7. The molecule has 0 aliphatic carbocycles. The summed E-state index contributed by atoms with van der Waals surface area (Å²) in [7, 11) is 8.96. The van der Waals surface area contributed by atoms with Crippen LogP contribution in [0.3, 0.4) is 0 Å². The van der Waals surface area contributed by atoms with Gasteiger partial charge in [0.1, 0.15) is 34.2 Å². The van der Waals surface area contributed by atoms with E-state index in [1.807, 2.05) is 69.5 Å². The van der Waals surface area contributed by atoms with Gasteiger partial charge in [-0.3, -0.25) is 19.5 Å². The van der Waals surface area contributed by atoms with Crippen LogP contribution in [0.1, 0.15) is 94.3 Å². The summed E-state index contributed by atoms with van der Waals surface area (Å²) in [6.07, 6.45) is 5.17. The van der Waals surface area contributed by atoms with Crippen molar-refractivity contribution in [1.82, 2.24) is 40.0 Å². The third kappa shape index (κ3) is 17.6. The van der Waals surface area contributed by atoms with Crippen molar-refractivity contribution >= 4 is 82.2 Å². The Labute approximate surface area is 531 Å². The first-order valence-corrected chi connectivity index (χ1v) is 32.2. The number of likely N-dealkylation sites (N-methyl/N-ethyl adjacent to an activating group) is 1. The maximum absolute atomic E-state index is 12.3. The molecule has 8 heterocycles. The average molecular weight is 1420 g/mol. The zero-order valence-electron chi connectivity index (χ0n) is 50.6. The van der Waals surface area contributed by atoms with E-state index < -0.39 is 5.60 Å². The fourth-order valence-electron chi connectivity index (χ4n) is 12.6. The minimum Gasteiger partial charge on any atom is -0.496 e. The number of fused-ring (bicyclic) bond motifs is 8. The van der Waals surface area contributed by atoms with Crippen LogP contribution in [0.15, 0.2) is 90.7 Å². The molecule has 84 heavy (non-hydrogen) atoms. The minimum absolute atomic E-state index is 0.161. The van der Waals surface area contributed by atoms with Gasteiger partial charge in [0.15, 0.2) is 6.29 Å². The van der Waals surface area contributed by atoms with E-state index in [4.69, 9.17) is 28.4 Å². The van der Waals surface area contributed by atoms with Crippen LogP contribution in [0.4, 0.5) is 9.59 Å². The number of rotatable bonds is 11. The molecule has 12 rings (SSSR count). The smallest absolute Gasteiger partial charge is 0.410 e. The fraction of sp³-hybridized carbons (Fsp3) is 0.571. The molecule has 4 aromatic rings. The highest BCUT2D eigenvalue weighted by molar-refractivity contribution is 9.11. The van der Waals surface area contributed by atoms with Gasteiger partial charge >= 0.3 is 12.2 Å². The Kier molecular flexibility index (Phi) is 23.0. The second-order valence-corrected chi connectivity index (χ2v) is 28.6. The Morgan fingerprint density at radius 2 is 0.881 bits per heavy atom. The molecule has 0 aromatic heterocycles. The predicted molar refractivity (Wildman–Crippen MR) is 343 cm³/mol. The molecule has 8 bridgehead atoms. The molecular formula is C63H86Br4N8O9. The van der Waals surface area contributed by atoms with Crippen LogP contribution in [0.25, 0.3) is 0 Å². The first-order chi connectivity index (χ1) is 39.9. The number of hydrogen-bond acceptors (Lipinski definition) is 15. The normalized spacial score (nSPS) is 24.7. The number of nitrogens with zero attached hydrogens (tertiary/aromatic N) is 6. The number of likely N-dealkylation sites (tertiary alicyclic amines) is 6. The zero-order chi connectivity index (χ0) is 60.6. The molecule has 2 N–H and O–H groups in total. The standard InChI is InChI=1S/C18H25BrN2O3.C14H19BrN2O.C13H17BrN2O.C10H18N2O2.C8H7BrO2/c1-18(2,3)24-17(22)21-11-14-8-15(21)10-20(14)9-12-5-6-13(19)7-16(12)23-4;1-16-8-13-6-12(16)9-17(13)7-10-3-4-11(15)5-14(10)18-2;1-17-13-4-10(14)3-2-9(13)7-16-8-11-5-12(16)6-15-11;1-10(2,3)14-9(13)12-6-7-4-8(12)5-11-7;1-11-8-4-7(9)3-2-6(8)5-10/h5-7,14-15H,8-11H2,1-4H3;3-5,12-13H,6-9H2,1-2H3;2-4,11-12,15H,5-8H2,1H3;7-8,11H,4-6H2,1-3H3;2-5H,1H3/t14-,15-;12-,13-;11-,12-;7-,8-;/m1111./s1. The summed E-state index contributed by atoms with van der Waals surface area (Å²) in [5.74, 6) is 3.46. The van der Waals surface area contributed by atoms with E-state index in [-0.39, 0.29) is 23.8 Å². The zero-order valence-corrected chi connectivity index (χ0v) is 56.9. The molecule has 0 unspecified atom stereocenters. The molecule has 0 spiro atoms. The monoisotopic (exact) mass is 1410 g/mol. The number of ether oxygens (including phenoxy) is 6. The minimum atomic E-state index is -0.441. The van der Waals surface area contributed by atoms with Crippen molar-refractivity contribution in [1.29, 1.82) is 0 Å². The Hall–Kier alpha value is -4.03.